The largest absolute Gasteiger partial charge is 0.481 e. The monoisotopic (exact) mass is 359 g/mol. The molecule has 1 amide bonds. The molecule has 0 heterocycles. The molecule has 0 aliphatic heterocycles. The summed E-state index contributed by atoms with van der Waals surface area (Å²) in [5, 5.41) is 2.98. The number of benzene rings is 3. The van der Waals surface area contributed by atoms with E-state index in [-0.39, 0.29) is 5.91 Å². The third-order valence-corrected chi connectivity index (χ3v) is 4.59. The highest BCUT2D eigenvalue weighted by Crippen LogP contribution is 2.21. The number of para-hydroxylation sites is 1. The Labute approximate surface area is 161 Å². The van der Waals surface area contributed by atoms with Gasteiger partial charge in [0.25, 0.3) is 5.91 Å². The summed E-state index contributed by atoms with van der Waals surface area (Å²) in [6.45, 7) is 5.74. The van der Waals surface area contributed by atoms with Gasteiger partial charge in [-0.3, -0.25) is 4.79 Å². The minimum absolute atomic E-state index is 0.152. The highest BCUT2D eigenvalue weighted by Gasteiger charge is 2.16. The normalized spacial score (nSPS) is 11.7. The quantitative estimate of drug-likeness (QED) is 0.648. The van der Waals surface area contributed by atoms with Crippen molar-refractivity contribution < 1.29 is 9.53 Å². The summed E-state index contributed by atoms with van der Waals surface area (Å²) in [5.74, 6) is 0.539. The minimum atomic E-state index is -0.580. The van der Waals surface area contributed by atoms with Crippen LogP contribution in [0.5, 0.6) is 5.75 Å². The summed E-state index contributed by atoms with van der Waals surface area (Å²) in [6, 6.07) is 24.2. The molecule has 3 rings (SSSR count). The van der Waals surface area contributed by atoms with E-state index in [0.717, 1.165) is 23.2 Å². The SMILES string of the molecule is Cc1cccc(C)c1NC(=O)C(C)Oc1ccc(Cc2ccccc2)cc1. The Morgan fingerprint density at radius 2 is 1.44 bits per heavy atom. The highest BCUT2D eigenvalue weighted by molar-refractivity contribution is 5.95. The van der Waals surface area contributed by atoms with Gasteiger partial charge in [-0.1, -0.05) is 60.7 Å². The molecule has 3 heteroatoms. The van der Waals surface area contributed by atoms with Crippen molar-refractivity contribution in [1.29, 1.82) is 0 Å². The Morgan fingerprint density at radius 1 is 0.852 bits per heavy atom. The maximum Gasteiger partial charge on any atom is 0.265 e. The second-order valence-corrected chi connectivity index (χ2v) is 6.82. The first-order valence-electron chi connectivity index (χ1n) is 9.19. The van der Waals surface area contributed by atoms with Gasteiger partial charge < -0.3 is 10.1 Å². The van der Waals surface area contributed by atoms with Gasteiger partial charge >= 0.3 is 0 Å². The molecule has 0 aliphatic rings. The first-order valence-corrected chi connectivity index (χ1v) is 9.19. The molecule has 3 nitrogen and oxygen atoms in total. The number of hydrogen-bond donors (Lipinski definition) is 1. The zero-order chi connectivity index (χ0) is 19.2. The minimum Gasteiger partial charge on any atom is -0.481 e. The molecule has 1 N–H and O–H groups in total. The topological polar surface area (TPSA) is 38.3 Å². The maximum absolute atomic E-state index is 12.5. The number of aryl methyl sites for hydroxylation is 2. The summed E-state index contributed by atoms with van der Waals surface area (Å²) in [6.07, 6.45) is 0.299. The van der Waals surface area contributed by atoms with E-state index >= 15 is 0 Å². The third kappa shape index (κ3) is 4.98. The average Bonchev–Trinajstić information content (AvgIpc) is 2.67. The second kappa shape index (κ2) is 8.54. The fourth-order valence-corrected chi connectivity index (χ4v) is 3.01. The zero-order valence-corrected chi connectivity index (χ0v) is 16.0. The van der Waals surface area contributed by atoms with Crippen molar-refractivity contribution in [2.45, 2.75) is 33.3 Å². The van der Waals surface area contributed by atoms with Crippen molar-refractivity contribution >= 4 is 11.6 Å². The van der Waals surface area contributed by atoms with Gasteiger partial charge in [0.2, 0.25) is 0 Å². The van der Waals surface area contributed by atoms with Crippen molar-refractivity contribution in [3.63, 3.8) is 0 Å². The molecular weight excluding hydrogens is 334 g/mol. The van der Waals surface area contributed by atoms with Crippen LogP contribution in [0, 0.1) is 13.8 Å². The Bertz CT molecular complexity index is 881. The van der Waals surface area contributed by atoms with E-state index in [4.69, 9.17) is 4.74 Å². The van der Waals surface area contributed by atoms with Crippen LogP contribution in [0.15, 0.2) is 72.8 Å². The van der Waals surface area contributed by atoms with E-state index in [1.165, 1.54) is 11.1 Å². The Hall–Kier alpha value is -3.07. The number of hydrogen-bond acceptors (Lipinski definition) is 2. The summed E-state index contributed by atoms with van der Waals surface area (Å²) in [7, 11) is 0. The molecule has 0 aromatic heterocycles. The van der Waals surface area contributed by atoms with Crippen molar-refractivity contribution in [3.8, 4) is 5.75 Å². The van der Waals surface area contributed by atoms with E-state index in [2.05, 4.69) is 17.4 Å². The highest BCUT2D eigenvalue weighted by atomic mass is 16.5. The number of carbonyl (C=O) groups excluding carboxylic acids is 1. The molecular formula is C24H25NO2. The lowest BCUT2D eigenvalue weighted by Crippen LogP contribution is -2.30. The van der Waals surface area contributed by atoms with Gasteiger partial charge in [0.15, 0.2) is 6.10 Å². The number of ether oxygens (including phenoxy) is 1. The molecule has 0 spiro atoms. The summed E-state index contributed by atoms with van der Waals surface area (Å²) < 4.78 is 5.82. The maximum atomic E-state index is 12.5. The molecule has 0 radical (unpaired) electrons. The van der Waals surface area contributed by atoms with Gasteiger partial charge in [0.1, 0.15) is 5.75 Å². The molecule has 3 aromatic rings. The van der Waals surface area contributed by atoms with E-state index in [0.29, 0.717) is 5.75 Å². The van der Waals surface area contributed by atoms with Gasteiger partial charge in [0.05, 0.1) is 0 Å². The van der Waals surface area contributed by atoms with Crippen LogP contribution in [-0.2, 0) is 11.2 Å². The van der Waals surface area contributed by atoms with Crippen molar-refractivity contribution in [2.24, 2.45) is 0 Å². The number of anilines is 1. The molecule has 0 bridgehead atoms. The van der Waals surface area contributed by atoms with Crippen LogP contribution in [0.25, 0.3) is 0 Å². The molecule has 0 fully saturated rings. The smallest absolute Gasteiger partial charge is 0.265 e. The predicted octanol–water partition coefficient (Wildman–Crippen LogP) is 5.30. The first-order chi connectivity index (χ1) is 13.0. The van der Waals surface area contributed by atoms with Crippen LogP contribution >= 0.6 is 0 Å². The van der Waals surface area contributed by atoms with Crippen molar-refractivity contribution in [3.05, 3.63) is 95.1 Å². The molecule has 0 saturated heterocycles. The number of rotatable bonds is 6. The fraction of sp³-hybridized carbons (Fsp3) is 0.208. The third-order valence-electron chi connectivity index (χ3n) is 4.59. The fourth-order valence-electron chi connectivity index (χ4n) is 3.01. The lowest BCUT2D eigenvalue weighted by atomic mass is 10.1. The molecule has 1 unspecified atom stereocenters. The Kier molecular flexibility index (Phi) is 5.92. The van der Waals surface area contributed by atoms with Gasteiger partial charge in [-0.15, -0.1) is 0 Å². The van der Waals surface area contributed by atoms with Crippen LogP contribution in [0.2, 0.25) is 0 Å². The van der Waals surface area contributed by atoms with Crippen molar-refractivity contribution in [1.82, 2.24) is 0 Å². The Balaban J connectivity index is 1.60. The standard InChI is InChI=1S/C24H25NO2/c1-17-8-7-9-18(2)23(17)25-24(26)19(3)27-22-14-12-21(13-15-22)16-20-10-5-4-6-11-20/h4-15,19H,16H2,1-3H3,(H,25,26). The summed E-state index contributed by atoms with van der Waals surface area (Å²) in [5.41, 5.74) is 5.42. The summed E-state index contributed by atoms with van der Waals surface area (Å²) in [4.78, 5) is 12.5. The molecule has 1 atom stereocenters. The van der Waals surface area contributed by atoms with E-state index in [1.807, 2.05) is 74.5 Å². The van der Waals surface area contributed by atoms with Crippen LogP contribution in [0.3, 0.4) is 0 Å². The first kappa shape index (κ1) is 18.7. The molecule has 0 aliphatic carbocycles. The predicted molar refractivity (Wildman–Crippen MR) is 110 cm³/mol. The van der Waals surface area contributed by atoms with Gasteiger partial charge in [-0.05, 0) is 61.6 Å². The van der Waals surface area contributed by atoms with Crippen LogP contribution in [0.1, 0.15) is 29.2 Å². The lowest BCUT2D eigenvalue weighted by Gasteiger charge is -2.17. The number of amides is 1. The molecule has 27 heavy (non-hydrogen) atoms. The van der Waals surface area contributed by atoms with Crippen molar-refractivity contribution in [2.75, 3.05) is 5.32 Å². The van der Waals surface area contributed by atoms with Gasteiger partial charge in [-0.2, -0.15) is 0 Å². The Morgan fingerprint density at radius 3 is 2.07 bits per heavy atom. The zero-order valence-electron chi connectivity index (χ0n) is 16.0. The molecule has 0 saturated carbocycles. The van der Waals surface area contributed by atoms with E-state index < -0.39 is 6.10 Å². The van der Waals surface area contributed by atoms with E-state index in [1.54, 1.807) is 6.92 Å². The lowest BCUT2D eigenvalue weighted by molar-refractivity contribution is -0.122. The van der Waals surface area contributed by atoms with E-state index in [9.17, 15) is 4.79 Å². The second-order valence-electron chi connectivity index (χ2n) is 6.82. The van der Waals surface area contributed by atoms with Gasteiger partial charge in [-0.25, -0.2) is 0 Å². The average molecular weight is 359 g/mol. The van der Waals surface area contributed by atoms with Gasteiger partial charge in [0, 0.05) is 5.69 Å². The summed E-state index contributed by atoms with van der Waals surface area (Å²) >= 11 is 0. The van der Waals surface area contributed by atoms with Crippen LogP contribution in [-0.4, -0.2) is 12.0 Å². The van der Waals surface area contributed by atoms with Crippen LogP contribution in [0.4, 0.5) is 5.69 Å². The number of nitrogens with one attached hydrogen (secondary N) is 1. The molecule has 3 aromatic carbocycles. The van der Waals surface area contributed by atoms with Crippen LogP contribution < -0.4 is 10.1 Å². The number of carbonyl (C=O) groups is 1. The molecule has 138 valence electrons.